The molecule has 2 heterocycles. The van der Waals surface area contributed by atoms with E-state index in [-0.39, 0.29) is 11.0 Å². The van der Waals surface area contributed by atoms with Crippen LogP contribution in [0.4, 0.5) is 0 Å². The lowest BCUT2D eigenvalue weighted by molar-refractivity contribution is -0.128. The van der Waals surface area contributed by atoms with Gasteiger partial charge in [-0.25, -0.2) is 0 Å². The molecule has 1 spiro atoms. The maximum Gasteiger partial charge on any atom is 0.0958 e. The molecule has 0 aromatic carbocycles. The van der Waals surface area contributed by atoms with E-state index in [1.165, 1.54) is 25.7 Å². The minimum Gasteiger partial charge on any atom is -0.376 e. The molecule has 3 nitrogen and oxygen atoms in total. The third kappa shape index (κ3) is 3.35. The number of nitrogens with one attached hydrogen (secondary N) is 1. The van der Waals surface area contributed by atoms with Gasteiger partial charge in [0.15, 0.2) is 0 Å². The highest BCUT2D eigenvalue weighted by Gasteiger charge is 2.51. The molecule has 3 rings (SSSR count). The Hall–Kier alpha value is -0.475. The van der Waals surface area contributed by atoms with Crippen LogP contribution < -0.4 is 5.32 Å². The van der Waals surface area contributed by atoms with Gasteiger partial charge in [-0.2, -0.15) is 0 Å². The molecule has 0 bridgehead atoms. The van der Waals surface area contributed by atoms with Crippen LogP contribution in [0, 0.1) is 0 Å². The molecule has 1 aliphatic carbocycles. The van der Waals surface area contributed by atoms with Crippen molar-refractivity contribution in [3.8, 4) is 0 Å². The molecular weight excluding hydrogens is 283 g/mol. The fourth-order valence-corrected chi connectivity index (χ4v) is 5.02. The summed E-state index contributed by atoms with van der Waals surface area (Å²) in [5.74, 6) is 0. The first-order valence-electron chi connectivity index (χ1n) is 9.50. The molecule has 0 aromatic heterocycles. The zero-order valence-corrected chi connectivity index (χ0v) is 15.5. The third-order valence-corrected chi connectivity index (χ3v) is 5.65. The van der Waals surface area contributed by atoms with E-state index in [0.717, 1.165) is 32.5 Å². The number of hydrogen-bond acceptors (Lipinski definition) is 3. The van der Waals surface area contributed by atoms with Gasteiger partial charge in [-0.1, -0.05) is 26.7 Å². The molecule has 1 N–H and O–H groups in total. The Morgan fingerprint density at radius 3 is 2.39 bits per heavy atom. The van der Waals surface area contributed by atoms with E-state index in [9.17, 15) is 0 Å². The molecule has 0 aromatic rings. The first-order valence-corrected chi connectivity index (χ1v) is 9.50. The van der Waals surface area contributed by atoms with E-state index in [1.807, 2.05) is 0 Å². The molecule has 1 saturated heterocycles. The number of allylic oxidation sites excluding steroid dienone is 1. The second kappa shape index (κ2) is 6.44. The summed E-state index contributed by atoms with van der Waals surface area (Å²) in [5, 5.41) is 3.67. The summed E-state index contributed by atoms with van der Waals surface area (Å²) in [4.78, 5) is 2.69. The Morgan fingerprint density at radius 1 is 1.09 bits per heavy atom. The van der Waals surface area contributed by atoms with Gasteiger partial charge in [0.1, 0.15) is 0 Å². The minimum atomic E-state index is -0.252. The average molecular weight is 316 g/mol. The summed E-state index contributed by atoms with van der Waals surface area (Å²) >= 11 is 0. The maximum atomic E-state index is 6.83. The van der Waals surface area contributed by atoms with Gasteiger partial charge in [0, 0.05) is 17.8 Å². The van der Waals surface area contributed by atoms with Crippen LogP contribution in [0.3, 0.4) is 0 Å². The van der Waals surface area contributed by atoms with Crippen LogP contribution in [0.15, 0.2) is 11.3 Å². The lowest BCUT2D eigenvalue weighted by atomic mass is 9.68. The molecule has 0 saturated carbocycles. The number of ether oxygens (including phenoxy) is 1. The second-order valence-electron chi connectivity index (χ2n) is 8.60. The zero-order chi connectivity index (χ0) is 16.7. The molecule has 3 aliphatic rings. The van der Waals surface area contributed by atoms with Crippen molar-refractivity contribution >= 4 is 7.85 Å². The van der Waals surface area contributed by atoms with E-state index >= 15 is 0 Å². The molecule has 1 fully saturated rings. The molecule has 1 unspecified atom stereocenters. The van der Waals surface area contributed by atoms with Crippen molar-refractivity contribution in [1.29, 1.82) is 0 Å². The summed E-state index contributed by atoms with van der Waals surface area (Å²) in [7, 11) is 6.83. The predicted molar refractivity (Wildman–Crippen MR) is 96.6 cm³/mol. The number of hydrogen-bond donors (Lipinski definition) is 1. The van der Waals surface area contributed by atoms with Gasteiger partial charge in [-0.05, 0) is 57.0 Å². The summed E-state index contributed by atoms with van der Waals surface area (Å²) in [6.07, 6.45) is 8.24. The van der Waals surface area contributed by atoms with Crippen LogP contribution in [0.2, 0.25) is 0 Å². The average Bonchev–Trinajstić information content (AvgIpc) is 2.73. The van der Waals surface area contributed by atoms with Gasteiger partial charge in [0.25, 0.3) is 0 Å². The Kier molecular flexibility index (Phi) is 4.86. The van der Waals surface area contributed by atoms with Crippen LogP contribution in [0.1, 0.15) is 72.6 Å². The molecule has 2 aliphatic heterocycles. The first kappa shape index (κ1) is 17.4. The van der Waals surface area contributed by atoms with Crippen molar-refractivity contribution < 1.29 is 4.74 Å². The molecule has 1 atom stereocenters. The van der Waals surface area contributed by atoms with Crippen LogP contribution >= 0.6 is 0 Å². The van der Waals surface area contributed by atoms with E-state index in [2.05, 4.69) is 37.9 Å². The SMILES string of the molecule is [B]C1(NC(C)C)CCCCCC2=C(C1)CC1(COC1)N2C(C)C. The lowest BCUT2D eigenvalue weighted by Gasteiger charge is -2.50. The van der Waals surface area contributed by atoms with Gasteiger partial charge < -0.3 is 15.0 Å². The predicted octanol–water partition coefficient (Wildman–Crippen LogP) is 3.34. The quantitative estimate of drug-likeness (QED) is 0.808. The van der Waals surface area contributed by atoms with Gasteiger partial charge >= 0.3 is 0 Å². The monoisotopic (exact) mass is 316 g/mol. The molecule has 128 valence electrons. The van der Waals surface area contributed by atoms with Gasteiger partial charge in [0.2, 0.25) is 0 Å². The zero-order valence-electron chi connectivity index (χ0n) is 15.5. The third-order valence-electron chi connectivity index (χ3n) is 5.65. The van der Waals surface area contributed by atoms with E-state index in [4.69, 9.17) is 12.6 Å². The van der Waals surface area contributed by atoms with E-state index in [0.29, 0.717) is 12.1 Å². The second-order valence-corrected chi connectivity index (χ2v) is 8.60. The summed E-state index contributed by atoms with van der Waals surface area (Å²) in [6.45, 7) is 10.8. The molecule has 23 heavy (non-hydrogen) atoms. The van der Waals surface area contributed by atoms with E-state index in [1.54, 1.807) is 11.3 Å². The highest BCUT2D eigenvalue weighted by Crippen LogP contribution is 2.47. The molecule has 0 amide bonds. The Morgan fingerprint density at radius 2 is 1.83 bits per heavy atom. The Balaban J connectivity index is 1.90. The normalized spacial score (nSPS) is 31.1. The van der Waals surface area contributed by atoms with Gasteiger partial charge in [-0.3, -0.25) is 0 Å². The molecular formula is C19H33BN2O. The summed E-state index contributed by atoms with van der Waals surface area (Å²) in [5.41, 5.74) is 3.17. The minimum absolute atomic E-state index is 0.233. The summed E-state index contributed by atoms with van der Waals surface area (Å²) < 4.78 is 5.64. The van der Waals surface area contributed by atoms with Crippen LogP contribution in [-0.2, 0) is 4.74 Å². The fourth-order valence-electron chi connectivity index (χ4n) is 5.02. The first-order chi connectivity index (χ1) is 10.9. The van der Waals surface area contributed by atoms with Crippen molar-refractivity contribution in [2.45, 2.75) is 95.7 Å². The highest BCUT2D eigenvalue weighted by atomic mass is 16.5. The standard InChI is InChI=1S/C19H33BN2O/c1-14(2)21-19(20)9-7-5-6-8-17-16(11-19)10-18(12-23-13-18)22(17)15(3)4/h14-15,21H,5-13H2,1-4H3. The van der Waals surface area contributed by atoms with Crippen LogP contribution in [0.5, 0.6) is 0 Å². The number of rotatable bonds is 3. The lowest BCUT2D eigenvalue weighted by Crippen LogP contribution is -2.61. The van der Waals surface area contributed by atoms with Crippen LogP contribution in [-0.4, -0.2) is 49.0 Å². The Labute approximate surface area is 143 Å². The Bertz CT molecular complexity index is 470. The van der Waals surface area contributed by atoms with Crippen molar-refractivity contribution in [2.24, 2.45) is 0 Å². The van der Waals surface area contributed by atoms with Crippen molar-refractivity contribution in [3.63, 3.8) is 0 Å². The van der Waals surface area contributed by atoms with Crippen molar-refractivity contribution in [1.82, 2.24) is 10.2 Å². The van der Waals surface area contributed by atoms with Crippen molar-refractivity contribution in [3.05, 3.63) is 11.3 Å². The summed E-state index contributed by atoms with van der Waals surface area (Å²) in [6, 6.07) is 0.964. The molecule has 2 radical (unpaired) electrons. The van der Waals surface area contributed by atoms with Gasteiger partial charge in [-0.15, -0.1) is 0 Å². The smallest absolute Gasteiger partial charge is 0.0958 e. The van der Waals surface area contributed by atoms with Crippen molar-refractivity contribution in [2.75, 3.05) is 13.2 Å². The van der Waals surface area contributed by atoms with Gasteiger partial charge in [0.05, 0.1) is 26.6 Å². The largest absolute Gasteiger partial charge is 0.376 e. The highest BCUT2D eigenvalue weighted by molar-refractivity contribution is 6.15. The fraction of sp³-hybridized carbons (Fsp3) is 0.895. The number of nitrogens with zero attached hydrogens (tertiary/aromatic N) is 1. The van der Waals surface area contributed by atoms with Crippen LogP contribution in [0.25, 0.3) is 0 Å². The maximum absolute atomic E-state index is 6.83. The topological polar surface area (TPSA) is 24.5 Å². The molecule has 4 heteroatoms. The van der Waals surface area contributed by atoms with E-state index < -0.39 is 0 Å².